The molecule has 0 bridgehead atoms. The Labute approximate surface area is 162 Å². The third kappa shape index (κ3) is 4.29. The number of nitrogens with zero attached hydrogens (tertiary/aromatic N) is 2. The quantitative estimate of drug-likeness (QED) is 0.870. The molecule has 1 heterocycles. The van der Waals surface area contributed by atoms with Crippen LogP contribution in [0.1, 0.15) is 10.4 Å². The van der Waals surface area contributed by atoms with Crippen molar-refractivity contribution < 1.29 is 9.59 Å². The number of carbonyl (C=O) groups excluding carboxylic acids is 2. The van der Waals surface area contributed by atoms with Crippen molar-refractivity contribution in [3.05, 3.63) is 64.1 Å². The van der Waals surface area contributed by atoms with E-state index in [0.717, 1.165) is 5.69 Å². The van der Waals surface area contributed by atoms with E-state index in [1.165, 1.54) is 0 Å². The lowest BCUT2D eigenvalue weighted by atomic mass is 10.2. The molecule has 1 aliphatic heterocycles. The van der Waals surface area contributed by atoms with Gasteiger partial charge in [0.25, 0.3) is 5.91 Å². The fourth-order valence-electron chi connectivity index (χ4n) is 2.91. The van der Waals surface area contributed by atoms with Crippen LogP contribution in [0.4, 0.5) is 5.69 Å². The number of nitrogens with one attached hydrogen (secondary N) is 1. The van der Waals surface area contributed by atoms with Crippen LogP contribution >= 0.6 is 23.2 Å². The molecule has 5 nitrogen and oxygen atoms in total. The zero-order valence-corrected chi connectivity index (χ0v) is 15.6. The maximum absolute atomic E-state index is 12.4. The molecule has 2 aromatic carbocycles. The van der Waals surface area contributed by atoms with E-state index in [1.54, 1.807) is 29.2 Å². The van der Waals surface area contributed by atoms with Gasteiger partial charge in [-0.3, -0.25) is 9.59 Å². The highest BCUT2D eigenvalue weighted by molar-refractivity contribution is 6.34. The number of hydrogen-bond donors (Lipinski definition) is 1. The maximum atomic E-state index is 12.4. The molecule has 1 N–H and O–H groups in total. The molecule has 1 aliphatic rings. The second-order valence-electron chi connectivity index (χ2n) is 5.98. The molecule has 0 atom stereocenters. The molecule has 136 valence electrons. The molecule has 26 heavy (non-hydrogen) atoms. The van der Waals surface area contributed by atoms with Crippen molar-refractivity contribution in [2.24, 2.45) is 0 Å². The Morgan fingerprint density at radius 1 is 0.885 bits per heavy atom. The average Bonchev–Trinajstić information content (AvgIpc) is 2.67. The van der Waals surface area contributed by atoms with Gasteiger partial charge in [-0.25, -0.2) is 0 Å². The zero-order valence-electron chi connectivity index (χ0n) is 14.1. The summed E-state index contributed by atoms with van der Waals surface area (Å²) >= 11 is 12.2. The summed E-state index contributed by atoms with van der Waals surface area (Å²) in [5, 5.41) is 3.71. The molecule has 0 aromatic heterocycles. The fourth-order valence-corrected chi connectivity index (χ4v) is 3.39. The van der Waals surface area contributed by atoms with Crippen molar-refractivity contribution in [1.82, 2.24) is 10.2 Å². The lowest BCUT2D eigenvalue weighted by Crippen LogP contribution is -2.51. The van der Waals surface area contributed by atoms with Crippen molar-refractivity contribution in [3.63, 3.8) is 0 Å². The summed E-state index contributed by atoms with van der Waals surface area (Å²) in [6.07, 6.45) is 0. The van der Waals surface area contributed by atoms with Crippen LogP contribution < -0.4 is 10.2 Å². The summed E-state index contributed by atoms with van der Waals surface area (Å²) in [5.74, 6) is -0.456. The zero-order chi connectivity index (χ0) is 18.5. The number of hydrogen-bond acceptors (Lipinski definition) is 3. The second kappa shape index (κ2) is 8.43. The van der Waals surface area contributed by atoms with Crippen LogP contribution in [0.25, 0.3) is 0 Å². The number of rotatable bonds is 4. The van der Waals surface area contributed by atoms with Crippen LogP contribution in [-0.2, 0) is 4.79 Å². The van der Waals surface area contributed by atoms with E-state index in [2.05, 4.69) is 10.2 Å². The van der Waals surface area contributed by atoms with Crippen LogP contribution in [0.3, 0.4) is 0 Å². The van der Waals surface area contributed by atoms with Crippen LogP contribution in [-0.4, -0.2) is 49.4 Å². The van der Waals surface area contributed by atoms with Crippen LogP contribution in [0.15, 0.2) is 48.5 Å². The molecule has 0 unspecified atom stereocenters. The van der Waals surface area contributed by atoms with Gasteiger partial charge < -0.3 is 15.1 Å². The number of para-hydroxylation sites is 1. The standard InChI is InChI=1S/C19H19Cl2N3O2/c20-15-6-2-1-5-14(15)19(26)22-13-18(25)24-11-9-23(10-12-24)17-8-4-3-7-16(17)21/h1-8H,9-13H2,(H,22,26). The molecule has 1 saturated heterocycles. The monoisotopic (exact) mass is 391 g/mol. The van der Waals surface area contributed by atoms with Gasteiger partial charge in [0.05, 0.1) is 27.8 Å². The molecule has 0 aliphatic carbocycles. The molecule has 0 saturated carbocycles. The summed E-state index contributed by atoms with van der Waals surface area (Å²) in [7, 11) is 0. The Morgan fingerprint density at radius 3 is 2.15 bits per heavy atom. The van der Waals surface area contributed by atoms with Crippen LogP contribution in [0.2, 0.25) is 10.0 Å². The van der Waals surface area contributed by atoms with Crippen molar-refractivity contribution >= 4 is 40.7 Å². The topological polar surface area (TPSA) is 52.7 Å². The number of benzene rings is 2. The Hall–Kier alpha value is -2.24. The minimum atomic E-state index is -0.348. The number of halogens is 2. The van der Waals surface area contributed by atoms with Gasteiger partial charge in [0.1, 0.15) is 0 Å². The second-order valence-corrected chi connectivity index (χ2v) is 6.80. The Balaban J connectivity index is 1.50. The minimum absolute atomic E-state index is 0.0455. The highest BCUT2D eigenvalue weighted by Gasteiger charge is 2.22. The predicted molar refractivity (Wildman–Crippen MR) is 104 cm³/mol. The lowest BCUT2D eigenvalue weighted by molar-refractivity contribution is -0.130. The highest BCUT2D eigenvalue weighted by atomic mass is 35.5. The summed E-state index contributed by atoms with van der Waals surface area (Å²) < 4.78 is 0. The average molecular weight is 392 g/mol. The third-order valence-electron chi connectivity index (χ3n) is 4.34. The van der Waals surface area contributed by atoms with E-state index in [4.69, 9.17) is 23.2 Å². The van der Waals surface area contributed by atoms with Crippen molar-refractivity contribution in [2.45, 2.75) is 0 Å². The van der Waals surface area contributed by atoms with Gasteiger partial charge in [-0.05, 0) is 24.3 Å². The van der Waals surface area contributed by atoms with Gasteiger partial charge in [0.15, 0.2) is 0 Å². The largest absolute Gasteiger partial charge is 0.367 e. The normalized spacial score (nSPS) is 14.2. The number of amides is 2. The number of anilines is 1. The van der Waals surface area contributed by atoms with E-state index >= 15 is 0 Å². The SMILES string of the molecule is O=C(NCC(=O)N1CCN(c2ccccc2Cl)CC1)c1ccccc1Cl. The summed E-state index contributed by atoms with van der Waals surface area (Å²) in [5.41, 5.74) is 1.35. The first-order valence-corrected chi connectivity index (χ1v) is 9.12. The van der Waals surface area contributed by atoms with E-state index in [9.17, 15) is 9.59 Å². The molecule has 2 amide bonds. The molecule has 7 heteroatoms. The van der Waals surface area contributed by atoms with Gasteiger partial charge in [-0.15, -0.1) is 0 Å². The van der Waals surface area contributed by atoms with E-state index in [1.807, 2.05) is 24.3 Å². The van der Waals surface area contributed by atoms with Crippen molar-refractivity contribution in [1.29, 1.82) is 0 Å². The number of piperazine rings is 1. The first kappa shape index (κ1) is 18.5. The van der Waals surface area contributed by atoms with Gasteiger partial charge in [-0.2, -0.15) is 0 Å². The summed E-state index contributed by atoms with van der Waals surface area (Å²) in [6, 6.07) is 14.4. The van der Waals surface area contributed by atoms with Crippen molar-refractivity contribution in [2.75, 3.05) is 37.6 Å². The van der Waals surface area contributed by atoms with E-state index < -0.39 is 0 Å². The van der Waals surface area contributed by atoms with Gasteiger partial charge in [-0.1, -0.05) is 47.5 Å². The molecule has 1 fully saturated rings. The van der Waals surface area contributed by atoms with Gasteiger partial charge in [0, 0.05) is 26.2 Å². The highest BCUT2D eigenvalue weighted by Crippen LogP contribution is 2.26. The van der Waals surface area contributed by atoms with E-state index in [-0.39, 0.29) is 18.4 Å². The van der Waals surface area contributed by atoms with Gasteiger partial charge >= 0.3 is 0 Å². The summed E-state index contributed by atoms with van der Waals surface area (Å²) in [6.45, 7) is 2.54. The smallest absolute Gasteiger partial charge is 0.253 e. The molecule has 3 rings (SSSR count). The molecule has 0 radical (unpaired) electrons. The molecular formula is C19H19Cl2N3O2. The maximum Gasteiger partial charge on any atom is 0.253 e. The fraction of sp³-hybridized carbons (Fsp3) is 0.263. The lowest BCUT2D eigenvalue weighted by Gasteiger charge is -2.36. The predicted octanol–water partition coefficient (Wildman–Crippen LogP) is 3.07. The van der Waals surface area contributed by atoms with Gasteiger partial charge in [0.2, 0.25) is 5.91 Å². The first-order chi connectivity index (χ1) is 12.6. The van der Waals surface area contributed by atoms with E-state index in [0.29, 0.717) is 41.8 Å². The van der Waals surface area contributed by atoms with Crippen molar-refractivity contribution in [3.8, 4) is 0 Å². The molecule has 0 spiro atoms. The Kier molecular flexibility index (Phi) is 6.01. The Bertz CT molecular complexity index is 805. The first-order valence-electron chi connectivity index (χ1n) is 8.36. The minimum Gasteiger partial charge on any atom is -0.367 e. The summed E-state index contributed by atoms with van der Waals surface area (Å²) in [4.78, 5) is 28.4. The van der Waals surface area contributed by atoms with Crippen LogP contribution in [0.5, 0.6) is 0 Å². The molecular weight excluding hydrogens is 373 g/mol. The number of carbonyl (C=O) groups is 2. The van der Waals surface area contributed by atoms with Crippen LogP contribution in [0, 0.1) is 0 Å². The molecule has 2 aromatic rings. The Morgan fingerprint density at radius 2 is 1.50 bits per heavy atom. The third-order valence-corrected chi connectivity index (χ3v) is 4.99.